The molecule has 180 valence electrons. The van der Waals surface area contributed by atoms with Crippen molar-refractivity contribution in [3.63, 3.8) is 0 Å². The van der Waals surface area contributed by atoms with Crippen LogP contribution >= 0.6 is 11.3 Å². The number of aromatic nitrogens is 2. The molecule has 3 aromatic rings. The number of aryl methyl sites for hydroxylation is 2. The SMILES string of the molecule is Cc1nc(N(C)c2ccc(C(C)C)cc2)c2c(C)c(C(=O)N3CCC4(CC3)OCCO4)sc2n1. The van der Waals surface area contributed by atoms with Gasteiger partial charge in [-0.15, -0.1) is 11.3 Å². The van der Waals surface area contributed by atoms with Crippen molar-refractivity contribution in [2.75, 3.05) is 38.3 Å². The molecule has 0 radical (unpaired) electrons. The van der Waals surface area contributed by atoms with Crippen LogP contribution in [0.4, 0.5) is 11.5 Å². The molecule has 2 aromatic heterocycles. The molecule has 34 heavy (non-hydrogen) atoms. The second kappa shape index (κ2) is 8.91. The number of fused-ring (bicyclic) bond motifs is 1. The van der Waals surface area contributed by atoms with Crippen LogP contribution in [0.25, 0.3) is 10.2 Å². The summed E-state index contributed by atoms with van der Waals surface area (Å²) in [5.74, 6) is 1.58. The summed E-state index contributed by atoms with van der Waals surface area (Å²) in [6.07, 6.45) is 1.42. The topological polar surface area (TPSA) is 67.8 Å². The number of thiophene rings is 1. The molecule has 0 unspecified atom stereocenters. The molecule has 2 saturated heterocycles. The lowest BCUT2D eigenvalue weighted by atomic mass is 10.0. The molecule has 2 aliphatic rings. The van der Waals surface area contributed by atoms with E-state index in [0.717, 1.165) is 32.2 Å². The van der Waals surface area contributed by atoms with Crippen LogP contribution in [-0.4, -0.2) is 59.9 Å². The molecule has 5 rings (SSSR count). The van der Waals surface area contributed by atoms with Crippen LogP contribution in [0.15, 0.2) is 24.3 Å². The molecule has 1 amide bonds. The van der Waals surface area contributed by atoms with Gasteiger partial charge in [0.05, 0.1) is 23.5 Å². The van der Waals surface area contributed by atoms with Crippen LogP contribution in [0.5, 0.6) is 0 Å². The Morgan fingerprint density at radius 2 is 1.74 bits per heavy atom. The number of nitrogens with zero attached hydrogens (tertiary/aromatic N) is 4. The summed E-state index contributed by atoms with van der Waals surface area (Å²) in [6.45, 7) is 10.8. The number of benzene rings is 1. The summed E-state index contributed by atoms with van der Waals surface area (Å²) < 4.78 is 11.6. The highest BCUT2D eigenvalue weighted by Gasteiger charge is 2.41. The summed E-state index contributed by atoms with van der Waals surface area (Å²) in [5.41, 5.74) is 3.30. The quantitative estimate of drug-likeness (QED) is 0.513. The maximum Gasteiger partial charge on any atom is 0.264 e. The number of anilines is 2. The molecule has 8 heteroatoms. The van der Waals surface area contributed by atoms with Crippen LogP contribution < -0.4 is 4.90 Å². The molecule has 0 aliphatic carbocycles. The third-order valence-corrected chi connectivity index (χ3v) is 8.14. The minimum absolute atomic E-state index is 0.0564. The second-order valence-electron chi connectivity index (χ2n) is 9.54. The molecule has 0 saturated carbocycles. The average molecular weight is 481 g/mol. The number of likely N-dealkylation sites (tertiary alicyclic amines) is 1. The molecule has 0 bridgehead atoms. The van der Waals surface area contributed by atoms with Gasteiger partial charge in [0, 0.05) is 38.7 Å². The van der Waals surface area contributed by atoms with Gasteiger partial charge < -0.3 is 19.3 Å². The highest BCUT2D eigenvalue weighted by atomic mass is 32.1. The Morgan fingerprint density at radius 3 is 2.35 bits per heavy atom. The number of amides is 1. The lowest BCUT2D eigenvalue weighted by molar-refractivity contribution is -0.181. The zero-order chi connectivity index (χ0) is 24.0. The van der Waals surface area contributed by atoms with E-state index in [1.165, 1.54) is 16.9 Å². The predicted molar refractivity (Wildman–Crippen MR) is 135 cm³/mol. The van der Waals surface area contributed by atoms with Gasteiger partial charge in [0.1, 0.15) is 16.5 Å². The van der Waals surface area contributed by atoms with E-state index in [9.17, 15) is 4.79 Å². The maximum absolute atomic E-state index is 13.5. The summed E-state index contributed by atoms with van der Waals surface area (Å²) in [7, 11) is 2.02. The Bertz CT molecular complexity index is 1210. The Hall–Kier alpha value is -2.55. The molecule has 2 fully saturated rings. The standard InChI is InChI=1S/C26H32N4O3S/c1-16(2)19-6-8-20(9-7-19)29(5)23-21-17(3)22(34-24(21)28-18(4)27-23)25(31)30-12-10-26(11-13-30)32-14-15-33-26/h6-9,16H,10-15H2,1-5H3. The smallest absolute Gasteiger partial charge is 0.264 e. The predicted octanol–water partition coefficient (Wildman–Crippen LogP) is 5.18. The highest BCUT2D eigenvalue weighted by Crippen LogP contribution is 2.39. The van der Waals surface area contributed by atoms with Gasteiger partial charge in [-0.3, -0.25) is 4.79 Å². The summed E-state index contributed by atoms with van der Waals surface area (Å²) in [6, 6.07) is 8.59. The Labute approximate surface area is 204 Å². The van der Waals surface area contributed by atoms with Crippen molar-refractivity contribution in [1.29, 1.82) is 0 Å². The van der Waals surface area contributed by atoms with Crippen molar-refractivity contribution < 1.29 is 14.3 Å². The first kappa shape index (κ1) is 23.2. The van der Waals surface area contributed by atoms with Gasteiger partial charge >= 0.3 is 0 Å². The van der Waals surface area contributed by atoms with Gasteiger partial charge in [0.15, 0.2) is 5.79 Å². The van der Waals surface area contributed by atoms with Gasteiger partial charge in [0.25, 0.3) is 5.91 Å². The largest absolute Gasteiger partial charge is 0.347 e. The average Bonchev–Trinajstić information content (AvgIpc) is 3.42. The van der Waals surface area contributed by atoms with E-state index in [4.69, 9.17) is 14.5 Å². The van der Waals surface area contributed by atoms with Crippen LogP contribution in [0.2, 0.25) is 0 Å². The van der Waals surface area contributed by atoms with E-state index in [1.54, 1.807) is 0 Å². The van der Waals surface area contributed by atoms with Crippen molar-refractivity contribution in [1.82, 2.24) is 14.9 Å². The third kappa shape index (κ3) is 4.08. The number of carbonyl (C=O) groups is 1. The fourth-order valence-corrected chi connectivity index (χ4v) is 6.04. The highest BCUT2D eigenvalue weighted by molar-refractivity contribution is 7.20. The van der Waals surface area contributed by atoms with E-state index >= 15 is 0 Å². The van der Waals surface area contributed by atoms with Crippen molar-refractivity contribution in [2.24, 2.45) is 0 Å². The minimum Gasteiger partial charge on any atom is -0.347 e. The van der Waals surface area contributed by atoms with Crippen molar-refractivity contribution >= 4 is 39.0 Å². The first-order valence-corrected chi connectivity index (χ1v) is 12.8. The van der Waals surface area contributed by atoms with Gasteiger partial charge in [-0.25, -0.2) is 9.97 Å². The van der Waals surface area contributed by atoms with Crippen molar-refractivity contribution in [3.05, 3.63) is 46.1 Å². The third-order valence-electron chi connectivity index (χ3n) is 6.97. The molecule has 1 spiro atoms. The number of piperidine rings is 1. The van der Waals surface area contributed by atoms with Crippen LogP contribution in [0.3, 0.4) is 0 Å². The number of rotatable bonds is 4. The first-order valence-electron chi connectivity index (χ1n) is 12.0. The number of ether oxygens (including phenoxy) is 2. The van der Waals surface area contributed by atoms with Gasteiger partial charge in [-0.05, 0) is 43.0 Å². The lowest BCUT2D eigenvalue weighted by Crippen LogP contribution is -2.47. The molecule has 7 nitrogen and oxygen atoms in total. The van der Waals surface area contributed by atoms with E-state index in [0.29, 0.717) is 50.9 Å². The van der Waals surface area contributed by atoms with Gasteiger partial charge in [-0.1, -0.05) is 26.0 Å². The number of hydrogen-bond donors (Lipinski definition) is 0. The second-order valence-corrected chi connectivity index (χ2v) is 10.5. The molecular weight excluding hydrogens is 448 g/mol. The van der Waals surface area contributed by atoms with Crippen molar-refractivity contribution in [3.8, 4) is 0 Å². The Kier molecular flexibility index (Phi) is 6.08. The summed E-state index contributed by atoms with van der Waals surface area (Å²) in [4.78, 5) is 28.6. The minimum atomic E-state index is -0.491. The van der Waals surface area contributed by atoms with E-state index in [1.807, 2.05) is 25.8 Å². The zero-order valence-electron chi connectivity index (χ0n) is 20.6. The normalized spacial score (nSPS) is 17.8. The zero-order valence-corrected chi connectivity index (χ0v) is 21.4. The summed E-state index contributed by atoms with van der Waals surface area (Å²) >= 11 is 1.47. The molecule has 0 atom stereocenters. The van der Waals surface area contributed by atoms with Crippen molar-refractivity contribution in [2.45, 2.75) is 52.2 Å². The van der Waals surface area contributed by atoms with E-state index in [-0.39, 0.29) is 5.91 Å². The molecule has 4 heterocycles. The first-order chi connectivity index (χ1) is 16.3. The van der Waals surface area contributed by atoms with Gasteiger partial charge in [-0.2, -0.15) is 0 Å². The molecule has 0 N–H and O–H groups in total. The van der Waals surface area contributed by atoms with Crippen LogP contribution in [-0.2, 0) is 9.47 Å². The van der Waals surface area contributed by atoms with Crippen LogP contribution in [0.1, 0.15) is 59.2 Å². The number of carbonyl (C=O) groups excluding carboxylic acids is 1. The van der Waals surface area contributed by atoms with Gasteiger partial charge in [0.2, 0.25) is 0 Å². The molecular formula is C26H32N4O3S. The number of hydrogen-bond acceptors (Lipinski definition) is 7. The van der Waals surface area contributed by atoms with Crippen LogP contribution in [0, 0.1) is 13.8 Å². The fourth-order valence-electron chi connectivity index (χ4n) is 4.85. The lowest BCUT2D eigenvalue weighted by Gasteiger charge is -2.37. The summed E-state index contributed by atoms with van der Waals surface area (Å²) in [5, 5.41) is 0.949. The van der Waals surface area contributed by atoms with E-state index < -0.39 is 5.79 Å². The molecule has 2 aliphatic heterocycles. The monoisotopic (exact) mass is 480 g/mol. The maximum atomic E-state index is 13.5. The molecule has 1 aromatic carbocycles. The Morgan fingerprint density at radius 1 is 1.09 bits per heavy atom. The fraction of sp³-hybridized carbons (Fsp3) is 0.500. The van der Waals surface area contributed by atoms with E-state index in [2.05, 4.69) is 48.0 Å². The Balaban J connectivity index is 1.46.